The van der Waals surface area contributed by atoms with Crippen molar-refractivity contribution in [2.45, 2.75) is 174 Å². The van der Waals surface area contributed by atoms with Crippen LogP contribution in [0.2, 0.25) is 0 Å². The van der Waals surface area contributed by atoms with Gasteiger partial charge in [-0.05, 0) is 101 Å². The van der Waals surface area contributed by atoms with Crippen LogP contribution in [0.15, 0.2) is 59.7 Å². The number of esters is 1. The van der Waals surface area contributed by atoms with Gasteiger partial charge in [-0.3, -0.25) is 43.4 Å². The zero-order chi connectivity index (χ0) is 59.5. The van der Waals surface area contributed by atoms with E-state index in [1.807, 2.05) is 97.1 Å². The standard InChI is InChI=1S/C60H92N8O11S/c1-16-38(6)53(66(12)59(75)51(36(2)3)62-57(73)52(37(4)5)65(10)11)46(77-13)34-49(70)67-33-23-26-45(67)54(78-14)39(7)56(72)61-41(9)55(43-24-19-17-20-25-43)79-60(76)44-30-28-42(29-31-44)40(8)63-64-48(69)27-21-18-22-32-68-50(71)35-47(80-15)58(68)74/h17,19-20,24-25,28-31,36-39,41,45-47,51-55H,16,18,21-23,26-27,32-35H2,1-15H3,(H,61,72)(H,62,73)(H,64,69)/b63-40-/t38-,39+,41+,45-,46+,47?,51-,52-,53-,54+,55+/m0/s1. The lowest BCUT2D eigenvalue weighted by Gasteiger charge is -2.41. The van der Waals surface area contributed by atoms with Gasteiger partial charge in [0.1, 0.15) is 12.1 Å². The third-order valence-electron chi connectivity index (χ3n) is 15.8. The SMILES string of the molecule is CC[C@H](C)[C@@H]([C@@H](CC(=O)N1CCC[C@H]1[C@H](OC)[C@@H](C)C(=O)N[C@H](C)[C@@H](OC(=O)c1ccc(/C(C)=N\NC(=O)CCCCCN2C(=O)CC(SC)C2=O)cc1)c1ccccc1)OC)N(C)C(=O)[C@@H](NC(=O)[C@H](C(C)C)N(C)C)C(C)C. The number of hydrogen-bond acceptors (Lipinski definition) is 14. The van der Waals surface area contributed by atoms with Gasteiger partial charge in [-0.1, -0.05) is 104 Å². The third-order valence-corrected chi connectivity index (χ3v) is 16.7. The number of unbranched alkanes of at least 4 members (excludes halogenated alkanes) is 2. The van der Waals surface area contributed by atoms with Crippen LogP contribution in [0.1, 0.15) is 148 Å². The molecule has 80 heavy (non-hydrogen) atoms. The third kappa shape index (κ3) is 17.9. The number of hydrazone groups is 1. The molecule has 0 bridgehead atoms. The Morgan fingerprint density at radius 2 is 1.48 bits per heavy atom. The van der Waals surface area contributed by atoms with Crippen molar-refractivity contribution in [3.05, 3.63) is 71.3 Å². The fraction of sp³-hybridized carbons (Fsp3) is 0.650. The second kappa shape index (κ2) is 32.1. The summed E-state index contributed by atoms with van der Waals surface area (Å²) in [4.78, 5) is 114. The molecule has 7 amide bonds. The van der Waals surface area contributed by atoms with Gasteiger partial charge in [-0.15, -0.1) is 0 Å². The zero-order valence-corrected chi connectivity index (χ0v) is 50.9. The Bertz CT molecular complexity index is 2410. The van der Waals surface area contributed by atoms with Gasteiger partial charge in [-0.25, -0.2) is 10.2 Å². The molecular weight excluding hydrogens is 1040 g/mol. The van der Waals surface area contributed by atoms with Gasteiger partial charge in [0.15, 0.2) is 0 Å². The molecule has 3 N–H and O–H groups in total. The number of imide groups is 1. The molecule has 2 aromatic rings. The van der Waals surface area contributed by atoms with Crippen molar-refractivity contribution >= 4 is 64.8 Å². The Balaban J connectivity index is 1.39. The molecule has 11 atom stereocenters. The van der Waals surface area contributed by atoms with E-state index in [1.54, 1.807) is 69.0 Å². The molecule has 19 nitrogen and oxygen atoms in total. The summed E-state index contributed by atoms with van der Waals surface area (Å²) in [6.45, 7) is 17.9. The van der Waals surface area contributed by atoms with Crippen LogP contribution >= 0.6 is 11.8 Å². The Kier molecular flexibility index (Phi) is 26.8. The lowest BCUT2D eigenvalue weighted by Crippen LogP contribution is -2.59. The summed E-state index contributed by atoms with van der Waals surface area (Å²) in [5.41, 5.74) is 4.70. The minimum atomic E-state index is -0.891. The van der Waals surface area contributed by atoms with E-state index < -0.39 is 60.4 Å². The molecule has 0 spiro atoms. The summed E-state index contributed by atoms with van der Waals surface area (Å²) in [5, 5.41) is 10.1. The van der Waals surface area contributed by atoms with Crippen LogP contribution in [0.4, 0.5) is 0 Å². The smallest absolute Gasteiger partial charge is 0.338 e. The maximum Gasteiger partial charge on any atom is 0.338 e. The minimum Gasteiger partial charge on any atom is -0.452 e. The van der Waals surface area contributed by atoms with Crippen molar-refractivity contribution in [1.29, 1.82) is 0 Å². The van der Waals surface area contributed by atoms with Crippen LogP contribution in [0.25, 0.3) is 0 Å². The molecule has 0 radical (unpaired) electrons. The highest BCUT2D eigenvalue weighted by Gasteiger charge is 2.44. The second-order valence-corrected chi connectivity index (χ2v) is 23.5. The molecule has 20 heteroatoms. The molecule has 0 aliphatic carbocycles. The molecule has 2 fully saturated rings. The van der Waals surface area contributed by atoms with E-state index in [4.69, 9.17) is 14.2 Å². The first-order valence-electron chi connectivity index (χ1n) is 28.4. The molecule has 1 unspecified atom stereocenters. The topological polar surface area (TPSA) is 226 Å². The first kappa shape index (κ1) is 66.8. The predicted octanol–water partition coefficient (Wildman–Crippen LogP) is 6.63. The van der Waals surface area contributed by atoms with Crippen LogP contribution in [0.3, 0.4) is 0 Å². The summed E-state index contributed by atoms with van der Waals surface area (Å²) < 4.78 is 18.3. The maximum atomic E-state index is 14.5. The molecular formula is C60H92N8O11S. The monoisotopic (exact) mass is 1130 g/mol. The average Bonchev–Trinajstić information content (AvgIpc) is 4.03. The molecule has 2 aromatic carbocycles. The lowest BCUT2D eigenvalue weighted by molar-refractivity contribution is -0.148. The van der Waals surface area contributed by atoms with Crippen LogP contribution in [0.5, 0.6) is 0 Å². The van der Waals surface area contributed by atoms with Gasteiger partial charge in [0, 0.05) is 47.2 Å². The Morgan fingerprint density at radius 1 is 0.825 bits per heavy atom. The first-order valence-corrected chi connectivity index (χ1v) is 29.7. The highest BCUT2D eigenvalue weighted by atomic mass is 32.2. The predicted molar refractivity (Wildman–Crippen MR) is 311 cm³/mol. The van der Waals surface area contributed by atoms with Gasteiger partial charge in [0.05, 0.1) is 65.2 Å². The number of amides is 7. The van der Waals surface area contributed by atoms with Crippen molar-refractivity contribution < 1.29 is 52.6 Å². The number of methoxy groups -OCH3 is 2. The highest BCUT2D eigenvalue weighted by Crippen LogP contribution is 2.31. The summed E-state index contributed by atoms with van der Waals surface area (Å²) >= 11 is 1.38. The molecule has 0 aromatic heterocycles. The largest absolute Gasteiger partial charge is 0.452 e. The Hall–Kier alpha value is -5.70. The van der Waals surface area contributed by atoms with Gasteiger partial charge < -0.3 is 34.6 Å². The summed E-state index contributed by atoms with van der Waals surface area (Å²) in [6, 6.07) is 12.9. The van der Waals surface area contributed by atoms with Crippen LogP contribution < -0.4 is 16.1 Å². The number of nitrogens with one attached hydrogen (secondary N) is 3. The quantitative estimate of drug-likeness (QED) is 0.0237. The van der Waals surface area contributed by atoms with Gasteiger partial charge in [0.2, 0.25) is 41.4 Å². The molecule has 0 saturated carbocycles. The number of thioether (sulfide) groups is 1. The number of nitrogens with zero attached hydrogens (tertiary/aromatic N) is 5. The molecule has 4 rings (SSSR count). The van der Waals surface area contributed by atoms with Gasteiger partial charge in [-0.2, -0.15) is 16.9 Å². The number of carbonyl (C=O) groups excluding carboxylic acids is 8. The van der Waals surface area contributed by atoms with Crippen molar-refractivity contribution in [3.63, 3.8) is 0 Å². The van der Waals surface area contributed by atoms with E-state index in [0.717, 1.165) is 0 Å². The average molecular weight is 1130 g/mol. The highest BCUT2D eigenvalue weighted by molar-refractivity contribution is 8.00. The second-order valence-electron chi connectivity index (χ2n) is 22.4. The van der Waals surface area contributed by atoms with E-state index in [0.29, 0.717) is 68.5 Å². The minimum absolute atomic E-state index is 0.0138. The molecule has 2 heterocycles. The summed E-state index contributed by atoms with van der Waals surface area (Å²) in [7, 11) is 8.49. The van der Waals surface area contributed by atoms with Crippen LogP contribution in [-0.2, 0) is 47.8 Å². The number of carbonyl (C=O) groups is 8. The van der Waals surface area contributed by atoms with E-state index in [-0.39, 0.29) is 89.2 Å². The molecule has 2 saturated heterocycles. The maximum absolute atomic E-state index is 14.5. The lowest BCUT2D eigenvalue weighted by atomic mass is 9.89. The van der Waals surface area contributed by atoms with Gasteiger partial charge >= 0.3 is 5.97 Å². The number of likely N-dealkylation sites (tertiary alicyclic amines) is 2. The van der Waals surface area contributed by atoms with E-state index >= 15 is 0 Å². The summed E-state index contributed by atoms with van der Waals surface area (Å²) in [6.07, 6.45) is 3.84. The molecule has 2 aliphatic rings. The van der Waals surface area contributed by atoms with E-state index in [1.165, 1.54) is 23.8 Å². The van der Waals surface area contributed by atoms with Crippen molar-refractivity contribution in [1.82, 2.24) is 35.7 Å². The van der Waals surface area contributed by atoms with E-state index in [2.05, 4.69) is 21.2 Å². The van der Waals surface area contributed by atoms with Crippen molar-refractivity contribution in [2.75, 3.05) is 54.7 Å². The number of benzene rings is 2. The molecule has 444 valence electrons. The number of hydrogen-bond donors (Lipinski definition) is 3. The van der Waals surface area contributed by atoms with E-state index in [9.17, 15) is 38.4 Å². The fourth-order valence-corrected chi connectivity index (χ4v) is 11.7. The zero-order valence-electron chi connectivity index (χ0n) is 50.1. The van der Waals surface area contributed by atoms with Gasteiger partial charge in [0.25, 0.3) is 0 Å². The number of likely N-dealkylation sites (N-methyl/N-ethyl adjacent to an activating group) is 2. The van der Waals surface area contributed by atoms with Crippen molar-refractivity contribution in [2.24, 2.45) is 28.8 Å². The normalized spacial score (nSPS) is 19.2. The Morgan fingerprint density at radius 3 is 2.04 bits per heavy atom. The number of rotatable bonds is 31. The fourth-order valence-electron chi connectivity index (χ4n) is 11.0. The number of ether oxygens (including phenoxy) is 3. The van der Waals surface area contributed by atoms with Crippen LogP contribution in [-0.4, -0.2) is 175 Å². The molecule has 2 aliphatic heterocycles. The van der Waals surface area contributed by atoms with Crippen molar-refractivity contribution in [3.8, 4) is 0 Å². The first-order chi connectivity index (χ1) is 37.9. The van der Waals surface area contributed by atoms with Crippen LogP contribution in [0, 0.1) is 23.7 Å². The Labute approximate surface area is 479 Å². The summed E-state index contributed by atoms with van der Waals surface area (Å²) in [5.74, 6) is -3.22.